The highest BCUT2D eigenvalue weighted by molar-refractivity contribution is 6.76. The minimum absolute atomic E-state index is 0.0597. The van der Waals surface area contributed by atoms with Crippen molar-refractivity contribution in [2.24, 2.45) is 0 Å². The Morgan fingerprint density at radius 3 is 2.38 bits per heavy atom. The van der Waals surface area contributed by atoms with E-state index < -0.39 is 15.7 Å². The lowest BCUT2D eigenvalue weighted by Crippen LogP contribution is -2.31. The molecule has 0 rings (SSSR count). The smallest absolute Gasteiger partial charge is 0.339 e. The molecule has 0 fully saturated rings. The molecule has 90 valence electrons. The molecule has 0 atom stereocenters. The van der Waals surface area contributed by atoms with Crippen molar-refractivity contribution in [2.75, 3.05) is 6.61 Å². The molecular weight excluding hydrogens is 276 g/mol. The molecule has 0 radical (unpaired) electrons. The molecule has 0 heterocycles. The van der Waals surface area contributed by atoms with Crippen molar-refractivity contribution >= 4 is 46.7 Å². The minimum atomic E-state index is -2.09. The van der Waals surface area contributed by atoms with Crippen molar-refractivity contribution in [1.29, 1.82) is 0 Å². The maximum Gasteiger partial charge on any atom is 0.339 e. The fraction of sp³-hybridized carbons (Fsp3) is 0.333. The van der Waals surface area contributed by atoms with E-state index in [4.69, 9.17) is 34.8 Å². The van der Waals surface area contributed by atoms with E-state index in [1.54, 1.807) is 6.92 Å². The van der Waals surface area contributed by atoms with Crippen LogP contribution in [0.25, 0.3) is 0 Å². The number of nitrogens with one attached hydrogen (secondary N) is 1. The zero-order chi connectivity index (χ0) is 12.8. The average Bonchev–Trinajstić information content (AvgIpc) is 2.17. The van der Waals surface area contributed by atoms with E-state index in [2.05, 4.69) is 16.6 Å². The molecule has 16 heavy (non-hydrogen) atoms. The van der Waals surface area contributed by atoms with Gasteiger partial charge in [0.05, 0.1) is 12.2 Å². The number of carbonyl (C=O) groups is 2. The van der Waals surface area contributed by atoms with Gasteiger partial charge in [0, 0.05) is 6.20 Å². The Morgan fingerprint density at radius 1 is 1.44 bits per heavy atom. The standard InChI is InChI=1S/C9H10Cl3NO3/c1-3-6(7(14)16-4-2)5-13-8(15)9(10,11)12/h3,5H,1,4H2,2H3,(H,13,15)/b6-5+. The molecule has 0 saturated carbocycles. The molecule has 0 spiro atoms. The third-order valence-electron chi connectivity index (χ3n) is 1.35. The van der Waals surface area contributed by atoms with E-state index in [0.717, 1.165) is 6.20 Å². The Kier molecular flexibility index (Phi) is 6.48. The topological polar surface area (TPSA) is 55.4 Å². The molecule has 0 unspecified atom stereocenters. The average molecular weight is 287 g/mol. The van der Waals surface area contributed by atoms with Crippen LogP contribution in [-0.4, -0.2) is 22.3 Å². The summed E-state index contributed by atoms with van der Waals surface area (Å²) in [7, 11) is 0. The van der Waals surface area contributed by atoms with E-state index >= 15 is 0 Å². The molecule has 0 aliphatic heterocycles. The summed E-state index contributed by atoms with van der Waals surface area (Å²) in [6.07, 6.45) is 2.28. The van der Waals surface area contributed by atoms with Gasteiger partial charge in [0.25, 0.3) is 9.70 Å². The summed E-state index contributed by atoms with van der Waals surface area (Å²) in [5.41, 5.74) is 0.0597. The van der Waals surface area contributed by atoms with Crippen LogP contribution in [0, 0.1) is 0 Å². The van der Waals surface area contributed by atoms with Crippen molar-refractivity contribution in [1.82, 2.24) is 5.32 Å². The van der Waals surface area contributed by atoms with Crippen LogP contribution < -0.4 is 5.32 Å². The molecule has 7 heteroatoms. The Balaban J connectivity index is 4.56. The number of hydrogen-bond acceptors (Lipinski definition) is 3. The quantitative estimate of drug-likeness (QED) is 0.373. The van der Waals surface area contributed by atoms with Gasteiger partial charge in [-0.25, -0.2) is 4.79 Å². The summed E-state index contributed by atoms with van der Waals surface area (Å²) >= 11 is 15.9. The number of esters is 1. The first-order chi connectivity index (χ1) is 7.32. The van der Waals surface area contributed by atoms with Crippen LogP contribution in [-0.2, 0) is 14.3 Å². The Labute approximate surface area is 108 Å². The second-order valence-electron chi connectivity index (χ2n) is 2.50. The fourth-order valence-corrected chi connectivity index (χ4v) is 0.804. The van der Waals surface area contributed by atoms with E-state index in [-0.39, 0.29) is 12.2 Å². The molecule has 4 nitrogen and oxygen atoms in total. The van der Waals surface area contributed by atoms with Gasteiger partial charge in [-0.15, -0.1) is 0 Å². The summed E-state index contributed by atoms with van der Waals surface area (Å²) < 4.78 is 2.60. The predicted molar refractivity (Wildman–Crippen MR) is 63.3 cm³/mol. The Bertz CT molecular complexity index is 320. The second-order valence-corrected chi connectivity index (χ2v) is 4.78. The van der Waals surface area contributed by atoms with Crippen LogP contribution in [0.15, 0.2) is 24.4 Å². The first-order valence-electron chi connectivity index (χ1n) is 4.20. The van der Waals surface area contributed by atoms with Crippen molar-refractivity contribution in [3.8, 4) is 0 Å². The number of halogens is 3. The lowest BCUT2D eigenvalue weighted by molar-refractivity contribution is -0.138. The van der Waals surface area contributed by atoms with Gasteiger partial charge in [-0.1, -0.05) is 47.5 Å². The molecule has 1 amide bonds. The van der Waals surface area contributed by atoms with Gasteiger partial charge >= 0.3 is 5.97 Å². The van der Waals surface area contributed by atoms with Gasteiger partial charge in [-0.3, -0.25) is 4.79 Å². The van der Waals surface area contributed by atoms with E-state index in [0.29, 0.717) is 0 Å². The Morgan fingerprint density at radius 2 is 2.00 bits per heavy atom. The van der Waals surface area contributed by atoms with E-state index in [9.17, 15) is 9.59 Å². The maximum atomic E-state index is 11.2. The molecule has 1 N–H and O–H groups in total. The predicted octanol–water partition coefficient (Wildman–Crippen LogP) is 2.11. The highest BCUT2D eigenvalue weighted by Gasteiger charge is 2.29. The summed E-state index contributed by atoms with van der Waals surface area (Å²) in [5.74, 6) is -1.50. The fourth-order valence-electron chi connectivity index (χ4n) is 0.641. The number of carbonyl (C=O) groups excluding carboxylic acids is 2. The molecular formula is C9H10Cl3NO3. The van der Waals surface area contributed by atoms with Crippen LogP contribution in [0.3, 0.4) is 0 Å². The molecule has 0 saturated heterocycles. The van der Waals surface area contributed by atoms with Gasteiger partial charge < -0.3 is 10.1 Å². The third kappa shape index (κ3) is 5.39. The van der Waals surface area contributed by atoms with Crippen LogP contribution in [0.4, 0.5) is 0 Å². The largest absolute Gasteiger partial charge is 0.462 e. The van der Waals surface area contributed by atoms with Gasteiger partial charge in [0.1, 0.15) is 0 Å². The molecule has 0 aromatic carbocycles. The summed E-state index contributed by atoms with van der Waals surface area (Å²) in [4.78, 5) is 22.4. The lowest BCUT2D eigenvalue weighted by Gasteiger charge is -2.09. The molecule has 0 aliphatic rings. The Hall–Kier alpha value is -0.710. The third-order valence-corrected chi connectivity index (χ3v) is 1.86. The van der Waals surface area contributed by atoms with Crippen molar-refractivity contribution in [3.63, 3.8) is 0 Å². The minimum Gasteiger partial charge on any atom is -0.462 e. The van der Waals surface area contributed by atoms with Gasteiger partial charge in [0.2, 0.25) is 0 Å². The number of amides is 1. The number of hydrogen-bond donors (Lipinski definition) is 1. The SMILES string of the molecule is C=C/C(=C\NC(=O)C(Cl)(Cl)Cl)C(=O)OCC. The van der Waals surface area contributed by atoms with E-state index in [1.165, 1.54) is 6.08 Å². The van der Waals surface area contributed by atoms with Crippen LogP contribution in [0.5, 0.6) is 0 Å². The molecule has 0 bridgehead atoms. The zero-order valence-electron chi connectivity index (χ0n) is 8.43. The van der Waals surface area contributed by atoms with E-state index in [1.807, 2.05) is 0 Å². The van der Waals surface area contributed by atoms with Gasteiger partial charge in [-0.2, -0.15) is 0 Å². The highest BCUT2D eigenvalue weighted by Crippen LogP contribution is 2.25. The summed E-state index contributed by atoms with van der Waals surface area (Å²) in [5, 5.41) is 2.14. The molecule has 0 aromatic heterocycles. The second kappa shape index (κ2) is 6.78. The van der Waals surface area contributed by atoms with Crippen molar-refractivity contribution < 1.29 is 14.3 Å². The van der Waals surface area contributed by atoms with Crippen LogP contribution in [0.2, 0.25) is 0 Å². The molecule has 0 aliphatic carbocycles. The lowest BCUT2D eigenvalue weighted by atomic mass is 10.3. The van der Waals surface area contributed by atoms with Crippen molar-refractivity contribution in [2.45, 2.75) is 10.7 Å². The van der Waals surface area contributed by atoms with Crippen LogP contribution in [0.1, 0.15) is 6.92 Å². The highest BCUT2D eigenvalue weighted by atomic mass is 35.6. The number of rotatable bonds is 4. The summed E-state index contributed by atoms with van der Waals surface area (Å²) in [6.45, 7) is 5.25. The van der Waals surface area contributed by atoms with Crippen molar-refractivity contribution in [3.05, 3.63) is 24.4 Å². The number of ether oxygens (including phenoxy) is 1. The first kappa shape index (κ1) is 15.3. The van der Waals surface area contributed by atoms with Crippen LogP contribution >= 0.6 is 34.8 Å². The van der Waals surface area contributed by atoms with Gasteiger partial charge in [0.15, 0.2) is 0 Å². The van der Waals surface area contributed by atoms with Gasteiger partial charge in [-0.05, 0) is 6.92 Å². The normalized spacial score (nSPS) is 11.9. The zero-order valence-corrected chi connectivity index (χ0v) is 10.7. The maximum absolute atomic E-state index is 11.2. The molecule has 0 aromatic rings. The monoisotopic (exact) mass is 285 g/mol. The number of alkyl halides is 3. The summed E-state index contributed by atoms with van der Waals surface area (Å²) in [6, 6.07) is 0. The first-order valence-corrected chi connectivity index (χ1v) is 5.33.